The number of rotatable bonds is 2. The van der Waals surface area contributed by atoms with Gasteiger partial charge in [0.15, 0.2) is 0 Å². The third kappa shape index (κ3) is 2.19. The molecule has 0 saturated heterocycles. The Bertz CT molecular complexity index is 641. The van der Waals surface area contributed by atoms with Crippen molar-refractivity contribution in [1.82, 2.24) is 4.98 Å². The number of nitrogens with two attached hydrogens (primary N) is 2. The van der Waals surface area contributed by atoms with Crippen LogP contribution in [0.1, 0.15) is 11.1 Å². The molecule has 0 aliphatic carbocycles. The zero-order chi connectivity index (χ0) is 14.2. The molecule has 0 aliphatic rings. The van der Waals surface area contributed by atoms with Gasteiger partial charge in [-0.3, -0.25) is 0 Å². The van der Waals surface area contributed by atoms with Gasteiger partial charge in [-0.05, 0) is 43.2 Å². The quantitative estimate of drug-likeness (QED) is 0.871. The highest BCUT2D eigenvalue weighted by atomic mass is 19.1. The molecule has 1 aromatic heterocycles. The molecule has 4 N–H and O–H groups in total. The fourth-order valence-corrected chi connectivity index (χ4v) is 2.03. The lowest BCUT2D eigenvalue weighted by Crippen LogP contribution is -2.02. The molecule has 1 aromatic carbocycles. The minimum Gasteiger partial charge on any atom is -0.496 e. The molecule has 100 valence electrons. The Morgan fingerprint density at radius 2 is 1.89 bits per heavy atom. The maximum Gasteiger partial charge on any atom is 0.147 e. The van der Waals surface area contributed by atoms with Crippen LogP contribution in [-0.2, 0) is 0 Å². The zero-order valence-electron chi connectivity index (χ0n) is 11.1. The molecule has 0 aliphatic heterocycles. The van der Waals surface area contributed by atoms with E-state index >= 15 is 0 Å². The van der Waals surface area contributed by atoms with E-state index in [1.54, 1.807) is 32.0 Å². The molecule has 0 atom stereocenters. The standard InChI is InChI=1S/C14H16FN3O/c1-7-6-11(19-3)12(8(2)13(7)15)10-5-4-9(16)14(17)18-10/h4-6H,16H2,1-3H3,(H2,17,18). The molecule has 0 bridgehead atoms. The summed E-state index contributed by atoms with van der Waals surface area (Å²) in [6.45, 7) is 3.38. The summed E-state index contributed by atoms with van der Waals surface area (Å²) in [5, 5.41) is 0. The van der Waals surface area contributed by atoms with Gasteiger partial charge in [-0.1, -0.05) is 0 Å². The van der Waals surface area contributed by atoms with Gasteiger partial charge >= 0.3 is 0 Å². The first-order chi connectivity index (χ1) is 8.95. The number of hydrogen-bond donors (Lipinski definition) is 2. The van der Waals surface area contributed by atoms with Crippen LogP contribution >= 0.6 is 0 Å². The van der Waals surface area contributed by atoms with Gasteiger partial charge in [0, 0.05) is 5.56 Å². The number of aromatic nitrogens is 1. The van der Waals surface area contributed by atoms with Gasteiger partial charge in [0.1, 0.15) is 17.4 Å². The lowest BCUT2D eigenvalue weighted by atomic mass is 10.00. The van der Waals surface area contributed by atoms with Crippen molar-refractivity contribution in [2.45, 2.75) is 13.8 Å². The normalized spacial score (nSPS) is 10.5. The van der Waals surface area contributed by atoms with Gasteiger partial charge in [-0.2, -0.15) is 0 Å². The zero-order valence-corrected chi connectivity index (χ0v) is 11.1. The molecule has 0 saturated carbocycles. The minimum absolute atomic E-state index is 0.222. The maximum atomic E-state index is 14.0. The van der Waals surface area contributed by atoms with Crippen LogP contribution in [0.5, 0.6) is 5.75 Å². The summed E-state index contributed by atoms with van der Waals surface area (Å²) in [5.74, 6) is 0.515. The van der Waals surface area contributed by atoms with Crippen LogP contribution in [-0.4, -0.2) is 12.1 Å². The van der Waals surface area contributed by atoms with Gasteiger partial charge in [-0.25, -0.2) is 9.37 Å². The van der Waals surface area contributed by atoms with Crippen molar-refractivity contribution < 1.29 is 9.13 Å². The van der Waals surface area contributed by atoms with Gasteiger partial charge in [0.25, 0.3) is 0 Å². The molecule has 4 nitrogen and oxygen atoms in total. The first-order valence-corrected chi connectivity index (χ1v) is 5.81. The second-order valence-electron chi connectivity index (χ2n) is 4.38. The number of halogens is 1. The largest absolute Gasteiger partial charge is 0.496 e. The van der Waals surface area contributed by atoms with Crippen molar-refractivity contribution in [3.8, 4) is 17.0 Å². The average Bonchev–Trinajstić information content (AvgIpc) is 2.39. The topological polar surface area (TPSA) is 74.2 Å². The molecule has 0 fully saturated rings. The summed E-state index contributed by atoms with van der Waals surface area (Å²) in [6.07, 6.45) is 0. The van der Waals surface area contributed by atoms with Crippen LogP contribution in [0.4, 0.5) is 15.9 Å². The summed E-state index contributed by atoms with van der Waals surface area (Å²) in [7, 11) is 1.54. The van der Waals surface area contributed by atoms with Crippen molar-refractivity contribution in [3.05, 3.63) is 35.1 Å². The third-order valence-electron chi connectivity index (χ3n) is 3.08. The van der Waals surface area contributed by atoms with Crippen molar-refractivity contribution in [2.24, 2.45) is 0 Å². The first-order valence-electron chi connectivity index (χ1n) is 5.81. The Morgan fingerprint density at radius 3 is 2.47 bits per heavy atom. The summed E-state index contributed by atoms with van der Waals surface area (Å²) in [5.41, 5.74) is 13.9. The van der Waals surface area contributed by atoms with E-state index in [4.69, 9.17) is 16.2 Å². The van der Waals surface area contributed by atoms with Crippen LogP contribution in [0, 0.1) is 19.7 Å². The lowest BCUT2D eigenvalue weighted by molar-refractivity contribution is 0.414. The number of nitrogen functional groups attached to an aromatic ring is 2. The van der Waals surface area contributed by atoms with Crippen molar-refractivity contribution in [3.63, 3.8) is 0 Å². The Balaban J connectivity index is 2.73. The number of benzene rings is 1. The van der Waals surface area contributed by atoms with E-state index in [2.05, 4.69) is 4.98 Å². The number of nitrogens with zero attached hydrogens (tertiary/aromatic N) is 1. The van der Waals surface area contributed by atoms with Crippen molar-refractivity contribution in [2.75, 3.05) is 18.6 Å². The molecule has 2 rings (SSSR count). The number of methoxy groups -OCH3 is 1. The van der Waals surface area contributed by atoms with E-state index < -0.39 is 0 Å². The highest BCUT2D eigenvalue weighted by Crippen LogP contribution is 2.36. The predicted molar refractivity (Wildman–Crippen MR) is 74.5 cm³/mol. The molecule has 0 radical (unpaired) electrons. The molecular weight excluding hydrogens is 245 g/mol. The Labute approximate surface area is 111 Å². The second-order valence-corrected chi connectivity index (χ2v) is 4.38. The van der Waals surface area contributed by atoms with E-state index in [9.17, 15) is 4.39 Å². The number of hydrogen-bond acceptors (Lipinski definition) is 4. The van der Waals surface area contributed by atoms with Crippen LogP contribution in [0.15, 0.2) is 18.2 Å². The van der Waals surface area contributed by atoms with Crippen molar-refractivity contribution in [1.29, 1.82) is 0 Å². The van der Waals surface area contributed by atoms with Gasteiger partial charge < -0.3 is 16.2 Å². The van der Waals surface area contributed by atoms with E-state index in [1.807, 2.05) is 0 Å². The first kappa shape index (κ1) is 13.1. The molecule has 0 spiro atoms. The monoisotopic (exact) mass is 261 g/mol. The number of pyridine rings is 1. The van der Waals surface area contributed by atoms with Crippen LogP contribution < -0.4 is 16.2 Å². The number of ether oxygens (including phenoxy) is 1. The van der Waals surface area contributed by atoms with Gasteiger partial charge in [0.2, 0.25) is 0 Å². The summed E-state index contributed by atoms with van der Waals surface area (Å²) in [6, 6.07) is 4.99. The summed E-state index contributed by atoms with van der Waals surface area (Å²) >= 11 is 0. The molecule has 1 heterocycles. The van der Waals surface area contributed by atoms with Crippen LogP contribution in [0.25, 0.3) is 11.3 Å². The fraction of sp³-hybridized carbons (Fsp3) is 0.214. The Hall–Kier alpha value is -2.30. The SMILES string of the molecule is COc1cc(C)c(F)c(C)c1-c1ccc(N)c(N)n1. The third-order valence-corrected chi connectivity index (χ3v) is 3.08. The highest BCUT2D eigenvalue weighted by molar-refractivity contribution is 5.75. The van der Waals surface area contributed by atoms with E-state index in [1.165, 1.54) is 7.11 Å². The molecule has 19 heavy (non-hydrogen) atoms. The van der Waals surface area contributed by atoms with Gasteiger partial charge in [0.05, 0.1) is 18.5 Å². The van der Waals surface area contributed by atoms with E-state index in [0.29, 0.717) is 33.8 Å². The van der Waals surface area contributed by atoms with E-state index in [-0.39, 0.29) is 11.6 Å². The van der Waals surface area contributed by atoms with E-state index in [0.717, 1.165) is 0 Å². The summed E-state index contributed by atoms with van der Waals surface area (Å²) in [4.78, 5) is 4.19. The van der Waals surface area contributed by atoms with Crippen molar-refractivity contribution >= 4 is 11.5 Å². The predicted octanol–water partition coefficient (Wildman–Crippen LogP) is 2.68. The average molecular weight is 261 g/mol. The number of aryl methyl sites for hydroxylation is 1. The van der Waals surface area contributed by atoms with Crippen LogP contribution in [0.3, 0.4) is 0 Å². The summed E-state index contributed by atoms with van der Waals surface area (Å²) < 4.78 is 19.3. The minimum atomic E-state index is -0.270. The number of anilines is 2. The van der Waals surface area contributed by atoms with Crippen LogP contribution in [0.2, 0.25) is 0 Å². The van der Waals surface area contributed by atoms with Gasteiger partial charge in [-0.15, -0.1) is 0 Å². The molecule has 0 amide bonds. The fourth-order valence-electron chi connectivity index (χ4n) is 2.03. The lowest BCUT2D eigenvalue weighted by Gasteiger charge is -2.14. The maximum absolute atomic E-state index is 14.0. The molecular formula is C14H16FN3O. The molecule has 0 unspecified atom stereocenters. The second kappa shape index (κ2) is 4.76. The smallest absolute Gasteiger partial charge is 0.147 e. The molecule has 5 heteroatoms. The highest BCUT2D eigenvalue weighted by Gasteiger charge is 2.17. The molecule has 2 aromatic rings. The Morgan fingerprint density at radius 1 is 1.21 bits per heavy atom. The Kier molecular flexibility index (Phi) is 3.29.